The molecule has 1 aromatic heterocycles. The van der Waals surface area contributed by atoms with Crippen LogP contribution in [0.1, 0.15) is 36.5 Å². The van der Waals surface area contributed by atoms with Gasteiger partial charge in [-0.15, -0.1) is 0 Å². The van der Waals surface area contributed by atoms with Crippen LogP contribution in [0.2, 0.25) is 0 Å². The standard InChI is InChI=1S/C21H23F2N5O/c1-3-16(22)18(25-2)21(7-4-8-21)12-28-20-26-10-14(11-27-20)15-9-13(19(24)29)5-6-17(15)23/h3,5-6,9-11H,4,7-8,12H2,1-2H3,(H2,24,29)(H,26,27,28)/b16-3+,25-18+. The summed E-state index contributed by atoms with van der Waals surface area (Å²) < 4.78 is 28.3. The van der Waals surface area contributed by atoms with Crippen LogP contribution in [-0.4, -0.2) is 35.2 Å². The molecule has 1 saturated carbocycles. The summed E-state index contributed by atoms with van der Waals surface area (Å²) in [5, 5.41) is 3.14. The summed E-state index contributed by atoms with van der Waals surface area (Å²) in [6.07, 6.45) is 7.02. The SMILES string of the molecule is C/C=C(F)\C(=N/C)C1(CNc2ncc(-c3cc(C(N)=O)ccc3F)cn2)CCC1. The zero-order chi connectivity index (χ0) is 21.0. The molecule has 1 heterocycles. The number of benzene rings is 1. The fourth-order valence-electron chi connectivity index (χ4n) is 3.54. The lowest BCUT2D eigenvalue weighted by molar-refractivity contribution is 0.100. The number of carbonyl (C=O) groups is 1. The second-order valence-corrected chi connectivity index (χ2v) is 7.05. The first-order valence-corrected chi connectivity index (χ1v) is 9.35. The number of primary amides is 1. The van der Waals surface area contributed by atoms with Crippen LogP contribution in [0, 0.1) is 11.2 Å². The maximum atomic E-state index is 14.2. The Morgan fingerprint density at radius 1 is 1.34 bits per heavy atom. The molecule has 152 valence electrons. The van der Waals surface area contributed by atoms with Crippen molar-refractivity contribution < 1.29 is 13.6 Å². The number of aliphatic imine (C=N–C) groups is 1. The lowest BCUT2D eigenvalue weighted by atomic mass is 9.65. The highest BCUT2D eigenvalue weighted by Gasteiger charge is 2.43. The number of nitrogens with two attached hydrogens (primary N) is 1. The van der Waals surface area contributed by atoms with Gasteiger partial charge < -0.3 is 11.1 Å². The van der Waals surface area contributed by atoms with Crippen molar-refractivity contribution in [3.8, 4) is 11.1 Å². The molecule has 1 fully saturated rings. The topological polar surface area (TPSA) is 93.3 Å². The van der Waals surface area contributed by atoms with E-state index in [1.807, 2.05) is 0 Å². The molecular formula is C21H23F2N5O. The van der Waals surface area contributed by atoms with Gasteiger partial charge in [0.1, 0.15) is 11.6 Å². The highest BCUT2D eigenvalue weighted by molar-refractivity contribution is 6.03. The number of hydrogen-bond acceptors (Lipinski definition) is 5. The molecule has 1 aromatic carbocycles. The third-order valence-corrected chi connectivity index (χ3v) is 5.31. The number of nitrogens with one attached hydrogen (secondary N) is 1. The highest BCUT2D eigenvalue weighted by Crippen LogP contribution is 2.44. The Kier molecular flexibility index (Phi) is 6.00. The normalized spacial score (nSPS) is 16.3. The van der Waals surface area contributed by atoms with Crippen molar-refractivity contribution in [2.75, 3.05) is 18.9 Å². The second-order valence-electron chi connectivity index (χ2n) is 7.05. The van der Waals surface area contributed by atoms with E-state index in [2.05, 4.69) is 20.3 Å². The van der Waals surface area contributed by atoms with Crippen molar-refractivity contribution in [1.29, 1.82) is 0 Å². The maximum absolute atomic E-state index is 14.2. The third kappa shape index (κ3) is 4.16. The molecule has 0 unspecified atom stereocenters. The zero-order valence-corrected chi connectivity index (χ0v) is 16.4. The second kappa shape index (κ2) is 8.46. The predicted molar refractivity (Wildman–Crippen MR) is 109 cm³/mol. The van der Waals surface area contributed by atoms with Crippen LogP contribution in [0.3, 0.4) is 0 Å². The van der Waals surface area contributed by atoms with Gasteiger partial charge in [-0.1, -0.05) is 6.42 Å². The van der Waals surface area contributed by atoms with E-state index in [1.54, 1.807) is 14.0 Å². The Hall–Kier alpha value is -3.16. The van der Waals surface area contributed by atoms with Crippen molar-refractivity contribution in [2.24, 2.45) is 16.1 Å². The molecule has 6 nitrogen and oxygen atoms in total. The largest absolute Gasteiger partial charge is 0.366 e. The van der Waals surface area contributed by atoms with E-state index in [1.165, 1.54) is 36.7 Å². The number of nitrogens with zero attached hydrogens (tertiary/aromatic N) is 3. The summed E-state index contributed by atoms with van der Waals surface area (Å²) in [6, 6.07) is 3.88. The molecule has 8 heteroatoms. The molecule has 1 aliphatic carbocycles. The fourth-order valence-corrected chi connectivity index (χ4v) is 3.54. The van der Waals surface area contributed by atoms with Gasteiger partial charge in [-0.3, -0.25) is 9.79 Å². The number of amides is 1. The molecule has 3 rings (SSSR count). The Bertz CT molecular complexity index is 966. The van der Waals surface area contributed by atoms with Crippen LogP contribution in [0.5, 0.6) is 0 Å². The van der Waals surface area contributed by atoms with Gasteiger partial charge in [0.2, 0.25) is 11.9 Å². The highest BCUT2D eigenvalue weighted by atomic mass is 19.1. The van der Waals surface area contributed by atoms with Gasteiger partial charge >= 0.3 is 0 Å². The molecule has 0 bridgehead atoms. The third-order valence-electron chi connectivity index (χ3n) is 5.31. The zero-order valence-electron chi connectivity index (χ0n) is 16.4. The van der Waals surface area contributed by atoms with Gasteiger partial charge in [0.05, 0.1) is 5.71 Å². The van der Waals surface area contributed by atoms with Crippen LogP contribution >= 0.6 is 0 Å². The predicted octanol–water partition coefficient (Wildman–Crippen LogP) is 3.91. The van der Waals surface area contributed by atoms with Crippen LogP contribution in [0.15, 0.2) is 47.5 Å². The van der Waals surface area contributed by atoms with Crippen LogP contribution in [0.25, 0.3) is 11.1 Å². The summed E-state index contributed by atoms with van der Waals surface area (Å²) in [4.78, 5) is 24.0. The molecule has 29 heavy (non-hydrogen) atoms. The Labute approximate surface area is 168 Å². The first-order valence-electron chi connectivity index (χ1n) is 9.35. The molecule has 0 saturated heterocycles. The Morgan fingerprint density at radius 3 is 2.55 bits per heavy atom. The van der Waals surface area contributed by atoms with E-state index < -0.39 is 11.7 Å². The molecule has 0 atom stereocenters. The van der Waals surface area contributed by atoms with Crippen molar-refractivity contribution in [3.05, 3.63) is 53.9 Å². The average Bonchev–Trinajstić information content (AvgIpc) is 2.70. The van der Waals surface area contributed by atoms with Gasteiger partial charge in [0.15, 0.2) is 0 Å². The minimum Gasteiger partial charge on any atom is -0.366 e. The van der Waals surface area contributed by atoms with Gasteiger partial charge in [0.25, 0.3) is 0 Å². The summed E-state index contributed by atoms with van der Waals surface area (Å²) in [7, 11) is 1.60. The molecule has 0 radical (unpaired) electrons. The number of carbonyl (C=O) groups excluding carboxylic acids is 1. The quantitative estimate of drug-likeness (QED) is 0.691. The molecule has 1 aliphatic rings. The van der Waals surface area contributed by atoms with E-state index in [4.69, 9.17) is 5.73 Å². The van der Waals surface area contributed by atoms with Crippen molar-refractivity contribution in [3.63, 3.8) is 0 Å². The van der Waals surface area contributed by atoms with Crippen molar-refractivity contribution >= 4 is 17.6 Å². The monoisotopic (exact) mass is 399 g/mol. The number of hydrogen-bond donors (Lipinski definition) is 2. The first kappa shape index (κ1) is 20.6. The van der Waals surface area contributed by atoms with E-state index in [0.717, 1.165) is 19.3 Å². The van der Waals surface area contributed by atoms with Crippen molar-refractivity contribution in [2.45, 2.75) is 26.2 Å². The molecule has 0 aliphatic heterocycles. The number of halogens is 2. The summed E-state index contributed by atoms with van der Waals surface area (Å²) in [6.45, 7) is 2.10. The summed E-state index contributed by atoms with van der Waals surface area (Å²) in [5.74, 6) is -1.10. The van der Waals surface area contributed by atoms with Crippen LogP contribution < -0.4 is 11.1 Å². The molecule has 3 N–H and O–H groups in total. The Morgan fingerprint density at radius 2 is 2.03 bits per heavy atom. The van der Waals surface area contributed by atoms with Gasteiger partial charge in [-0.25, -0.2) is 18.7 Å². The number of rotatable bonds is 7. The van der Waals surface area contributed by atoms with E-state index >= 15 is 0 Å². The summed E-state index contributed by atoms with van der Waals surface area (Å²) in [5.41, 5.74) is 6.15. The minimum absolute atomic E-state index is 0.193. The maximum Gasteiger partial charge on any atom is 0.248 e. The molecule has 2 aromatic rings. The van der Waals surface area contributed by atoms with Crippen LogP contribution in [0.4, 0.5) is 14.7 Å². The molecule has 0 spiro atoms. The number of aromatic nitrogens is 2. The molecule has 1 amide bonds. The fraction of sp³-hybridized carbons (Fsp3) is 0.333. The van der Waals surface area contributed by atoms with Crippen LogP contribution in [-0.2, 0) is 0 Å². The minimum atomic E-state index is -0.641. The molecular weight excluding hydrogens is 376 g/mol. The van der Waals surface area contributed by atoms with Gasteiger partial charge in [-0.2, -0.15) is 0 Å². The smallest absolute Gasteiger partial charge is 0.248 e. The van der Waals surface area contributed by atoms with E-state index in [9.17, 15) is 13.6 Å². The average molecular weight is 399 g/mol. The number of allylic oxidation sites excluding steroid dienone is 2. The summed E-state index contributed by atoms with van der Waals surface area (Å²) >= 11 is 0. The van der Waals surface area contributed by atoms with E-state index in [-0.39, 0.29) is 22.4 Å². The first-order chi connectivity index (χ1) is 13.9. The van der Waals surface area contributed by atoms with Crippen molar-refractivity contribution in [1.82, 2.24) is 9.97 Å². The Balaban J connectivity index is 1.76. The van der Waals surface area contributed by atoms with Gasteiger partial charge in [0, 0.05) is 48.1 Å². The number of anilines is 1. The van der Waals surface area contributed by atoms with E-state index in [0.29, 0.717) is 23.8 Å². The lowest BCUT2D eigenvalue weighted by Gasteiger charge is -2.42. The van der Waals surface area contributed by atoms with Gasteiger partial charge in [-0.05, 0) is 44.0 Å². The lowest BCUT2D eigenvalue weighted by Crippen LogP contribution is -2.44.